The molecule has 0 aliphatic carbocycles. The number of carbonyl (C=O) groups excluding carboxylic acids is 1. The number of carbonyl (C=O) groups is 1. The fraction of sp³-hybridized carbons (Fsp3) is 0.889. The minimum Gasteiger partial charge on any atom is -0.547 e. The van der Waals surface area contributed by atoms with Gasteiger partial charge >= 0.3 is 0 Å². The molecule has 1 atom stereocenters. The van der Waals surface area contributed by atoms with E-state index in [1.165, 1.54) is 0 Å². The van der Waals surface area contributed by atoms with Crippen molar-refractivity contribution >= 4 is 22.1 Å². The molecule has 0 heterocycles. The zero-order valence-corrected chi connectivity index (χ0v) is 12.0. The molecule has 0 aromatic heterocycles. The van der Waals surface area contributed by atoms with Gasteiger partial charge in [-0.25, -0.2) is 0 Å². The van der Waals surface area contributed by atoms with Gasteiger partial charge < -0.3 is 15.0 Å². The van der Waals surface area contributed by atoms with Crippen LogP contribution in [0.3, 0.4) is 0 Å². The van der Waals surface area contributed by atoms with Crippen LogP contribution in [0.1, 0.15) is 0 Å². The lowest BCUT2D eigenvalue weighted by Gasteiger charge is -2.43. The maximum atomic E-state index is 11.0. The fourth-order valence-electron chi connectivity index (χ4n) is 1.41. The third-order valence-corrected chi connectivity index (χ3v) is 7.15. The first-order valence-corrected chi connectivity index (χ1v) is 12.0. The summed E-state index contributed by atoms with van der Waals surface area (Å²) in [6, 6.07) is 0.387. The normalized spacial score (nSPS) is 17.6. The van der Waals surface area contributed by atoms with Crippen LogP contribution in [0.5, 0.6) is 0 Å². The van der Waals surface area contributed by atoms with Crippen LogP contribution in [0, 0.1) is 0 Å². The molecule has 0 amide bonds. The highest BCUT2D eigenvalue weighted by Crippen LogP contribution is 2.29. The van der Waals surface area contributed by atoms with Gasteiger partial charge in [-0.3, -0.25) is 0 Å². The molecule has 0 fully saturated rings. The molecule has 0 aliphatic heterocycles. The first-order valence-electron chi connectivity index (χ1n) is 4.84. The standard InChI is InChI=1S/C9H22O3Si2/c1-13(2,3)7-9(12,8(10)11)14(4,5)6/h12H,7H2,1-6H3,(H,10,11)/p-1. The Balaban J connectivity index is 5.04. The van der Waals surface area contributed by atoms with Crippen LogP contribution >= 0.6 is 0 Å². The van der Waals surface area contributed by atoms with E-state index in [0.29, 0.717) is 6.04 Å². The Morgan fingerprint density at radius 1 is 1.21 bits per heavy atom. The topological polar surface area (TPSA) is 60.4 Å². The number of rotatable bonds is 4. The van der Waals surface area contributed by atoms with Crippen LogP contribution in [0.4, 0.5) is 0 Å². The molecular weight excluding hydrogens is 212 g/mol. The van der Waals surface area contributed by atoms with Crippen molar-refractivity contribution in [1.29, 1.82) is 0 Å². The third-order valence-electron chi connectivity index (χ3n) is 2.36. The van der Waals surface area contributed by atoms with Gasteiger partial charge in [0.05, 0.1) is 19.3 Å². The van der Waals surface area contributed by atoms with E-state index in [0.717, 1.165) is 0 Å². The largest absolute Gasteiger partial charge is 0.547 e. The predicted octanol–water partition coefficient (Wildman–Crippen LogP) is 0.683. The number of hydrogen-bond acceptors (Lipinski definition) is 3. The average molecular weight is 233 g/mol. The van der Waals surface area contributed by atoms with Crippen LogP contribution in [0.25, 0.3) is 0 Å². The highest BCUT2D eigenvalue weighted by molar-refractivity contribution is 6.86. The van der Waals surface area contributed by atoms with Gasteiger partial charge in [-0.05, 0) is 6.04 Å². The van der Waals surface area contributed by atoms with E-state index >= 15 is 0 Å². The van der Waals surface area contributed by atoms with Crippen LogP contribution in [0.15, 0.2) is 0 Å². The highest BCUT2D eigenvalue weighted by Gasteiger charge is 2.45. The molecule has 14 heavy (non-hydrogen) atoms. The molecule has 0 bridgehead atoms. The number of hydrogen-bond donors (Lipinski definition) is 1. The van der Waals surface area contributed by atoms with Gasteiger partial charge in [0.25, 0.3) is 0 Å². The maximum absolute atomic E-state index is 11.0. The summed E-state index contributed by atoms with van der Waals surface area (Å²) in [5.41, 5.74) is 0. The van der Waals surface area contributed by atoms with E-state index in [1.54, 1.807) is 0 Å². The minimum absolute atomic E-state index is 0.387. The number of aliphatic hydroxyl groups is 1. The molecule has 1 unspecified atom stereocenters. The Labute approximate surface area is 88.2 Å². The van der Waals surface area contributed by atoms with Gasteiger partial charge in [-0.2, -0.15) is 0 Å². The van der Waals surface area contributed by atoms with E-state index in [4.69, 9.17) is 0 Å². The quantitative estimate of drug-likeness (QED) is 0.727. The summed E-state index contributed by atoms with van der Waals surface area (Å²) in [6.07, 6.45) is 0. The molecule has 0 aromatic carbocycles. The molecular formula is C9H21O3Si2-. The van der Waals surface area contributed by atoms with E-state index in [9.17, 15) is 15.0 Å². The van der Waals surface area contributed by atoms with E-state index in [1.807, 2.05) is 19.6 Å². The molecule has 0 aliphatic rings. The SMILES string of the molecule is C[Si](C)(C)CC(O)(C(=O)[O-])[Si](C)(C)C. The summed E-state index contributed by atoms with van der Waals surface area (Å²) in [7, 11) is -3.76. The first kappa shape index (κ1) is 13.9. The third kappa shape index (κ3) is 3.22. The maximum Gasteiger partial charge on any atom is 0.0902 e. The summed E-state index contributed by atoms with van der Waals surface area (Å²) in [6.45, 7) is 11.8. The average Bonchev–Trinajstić information content (AvgIpc) is 1.79. The Hall–Kier alpha value is -0.136. The summed E-state index contributed by atoms with van der Waals surface area (Å²) in [4.78, 5) is 11.0. The Bertz CT molecular complexity index is 227. The lowest BCUT2D eigenvalue weighted by Crippen LogP contribution is -2.65. The lowest BCUT2D eigenvalue weighted by molar-refractivity contribution is -0.318. The summed E-state index contributed by atoms with van der Waals surface area (Å²) in [5, 5.41) is 19.7. The van der Waals surface area contributed by atoms with E-state index in [-0.39, 0.29) is 0 Å². The van der Waals surface area contributed by atoms with Crippen molar-refractivity contribution in [3.8, 4) is 0 Å². The zero-order valence-electron chi connectivity index (χ0n) is 9.97. The van der Waals surface area contributed by atoms with Gasteiger partial charge in [0.15, 0.2) is 0 Å². The van der Waals surface area contributed by atoms with Crippen molar-refractivity contribution in [3.63, 3.8) is 0 Å². The second kappa shape index (κ2) is 3.79. The zero-order chi connectivity index (χ0) is 11.8. The van der Waals surface area contributed by atoms with Crippen molar-refractivity contribution in [2.45, 2.75) is 50.6 Å². The van der Waals surface area contributed by atoms with Gasteiger partial charge in [0, 0.05) is 8.07 Å². The Morgan fingerprint density at radius 3 is 1.64 bits per heavy atom. The Morgan fingerprint density at radius 2 is 1.57 bits per heavy atom. The van der Waals surface area contributed by atoms with Gasteiger partial charge in [-0.15, -0.1) is 0 Å². The van der Waals surface area contributed by atoms with Crippen LogP contribution in [0.2, 0.25) is 45.3 Å². The van der Waals surface area contributed by atoms with Gasteiger partial charge in [0.1, 0.15) is 0 Å². The molecule has 0 spiro atoms. The first-order chi connectivity index (χ1) is 5.90. The molecule has 0 rings (SSSR count). The summed E-state index contributed by atoms with van der Waals surface area (Å²) >= 11 is 0. The molecule has 3 nitrogen and oxygen atoms in total. The van der Waals surface area contributed by atoms with Crippen LogP contribution in [-0.2, 0) is 4.79 Å². The lowest BCUT2D eigenvalue weighted by atomic mass is 10.4. The second-order valence-electron chi connectivity index (χ2n) is 6.14. The van der Waals surface area contributed by atoms with Crippen molar-refractivity contribution in [3.05, 3.63) is 0 Å². The van der Waals surface area contributed by atoms with E-state index in [2.05, 4.69) is 19.6 Å². The predicted molar refractivity (Wildman–Crippen MR) is 61.5 cm³/mol. The Kier molecular flexibility index (Phi) is 3.75. The summed E-state index contributed by atoms with van der Waals surface area (Å²) < 4.78 is 0. The molecule has 0 aromatic rings. The number of aliphatic carboxylic acids is 1. The van der Waals surface area contributed by atoms with Gasteiger partial charge in [-0.1, -0.05) is 39.3 Å². The van der Waals surface area contributed by atoms with Crippen molar-refractivity contribution in [2.75, 3.05) is 0 Å². The monoisotopic (exact) mass is 233 g/mol. The number of carboxylic acids is 1. The van der Waals surface area contributed by atoms with Crippen LogP contribution in [-0.4, -0.2) is 32.4 Å². The molecule has 84 valence electrons. The second-order valence-corrected chi connectivity index (χ2v) is 16.9. The number of carboxylic acid groups (broad SMARTS) is 1. The van der Waals surface area contributed by atoms with E-state index < -0.39 is 27.3 Å². The van der Waals surface area contributed by atoms with Crippen molar-refractivity contribution in [1.82, 2.24) is 0 Å². The minimum atomic E-state index is -2.16. The van der Waals surface area contributed by atoms with Crippen molar-refractivity contribution < 1.29 is 15.0 Å². The smallest absolute Gasteiger partial charge is 0.0902 e. The van der Waals surface area contributed by atoms with Crippen LogP contribution < -0.4 is 5.11 Å². The molecule has 0 saturated carbocycles. The molecule has 1 N–H and O–H groups in total. The summed E-state index contributed by atoms with van der Waals surface area (Å²) in [5.74, 6) is -1.29. The van der Waals surface area contributed by atoms with Gasteiger partial charge in [0.2, 0.25) is 0 Å². The van der Waals surface area contributed by atoms with Crippen molar-refractivity contribution in [2.24, 2.45) is 0 Å². The molecule has 0 saturated heterocycles. The molecule has 0 radical (unpaired) electrons. The fourth-order valence-corrected chi connectivity index (χ4v) is 7.42. The molecule has 5 heteroatoms. The highest BCUT2D eigenvalue weighted by atomic mass is 28.3.